The van der Waals surface area contributed by atoms with E-state index in [1.807, 2.05) is 68.6 Å². The zero-order valence-corrected chi connectivity index (χ0v) is 19.4. The monoisotopic (exact) mass is 458 g/mol. The molecule has 2 aromatic heterocycles. The third-order valence-electron chi connectivity index (χ3n) is 6.00. The van der Waals surface area contributed by atoms with Crippen molar-refractivity contribution in [2.24, 2.45) is 0 Å². The highest BCUT2D eigenvalue weighted by Gasteiger charge is 2.42. The van der Waals surface area contributed by atoms with Crippen LogP contribution < -0.4 is 10.4 Å². The van der Waals surface area contributed by atoms with Crippen LogP contribution in [0.5, 0.6) is 0 Å². The highest BCUT2D eigenvalue weighted by atomic mass is 16.7. The molecule has 0 radical (unpaired) electrons. The first kappa shape index (κ1) is 21.9. The van der Waals surface area contributed by atoms with Crippen LogP contribution in [0.25, 0.3) is 33.0 Å². The highest BCUT2D eigenvalue weighted by molar-refractivity contribution is 6.50. The lowest BCUT2D eigenvalue weighted by Gasteiger charge is -2.14. The second-order valence-electron chi connectivity index (χ2n) is 7.87. The topological polar surface area (TPSA) is 77.7 Å². The van der Waals surface area contributed by atoms with Crippen molar-refractivity contribution in [1.82, 2.24) is 19.9 Å². The number of aryl methyl sites for hydroxylation is 1. The molecule has 1 N–H and O–H groups in total. The van der Waals surface area contributed by atoms with E-state index in [0.717, 1.165) is 33.4 Å². The van der Waals surface area contributed by atoms with E-state index in [1.54, 1.807) is 17.9 Å². The Morgan fingerprint density at radius 1 is 0.765 bits per heavy atom. The summed E-state index contributed by atoms with van der Waals surface area (Å²) in [6.07, 6.45) is 3.72. The zero-order valence-electron chi connectivity index (χ0n) is 19.4. The fraction of sp³-hybridized carbons (Fsp3) is 0.231. The molecule has 1 aliphatic rings. The van der Waals surface area contributed by atoms with Gasteiger partial charge in [-0.1, -0.05) is 36.4 Å². The Bertz CT molecular complexity index is 1450. The van der Waals surface area contributed by atoms with Gasteiger partial charge >= 0.3 is 0 Å². The molecular weight excluding hydrogens is 432 g/mol. The number of carbonyl (C=O) groups is 2. The summed E-state index contributed by atoms with van der Waals surface area (Å²) in [6.45, 7) is 7.20. The van der Waals surface area contributed by atoms with Crippen LogP contribution in [-0.4, -0.2) is 39.3 Å². The fourth-order valence-corrected chi connectivity index (χ4v) is 4.54. The lowest BCUT2D eigenvalue weighted by Crippen LogP contribution is -2.43. The third kappa shape index (κ3) is 3.30. The van der Waals surface area contributed by atoms with Gasteiger partial charge in [0.2, 0.25) is 0 Å². The maximum Gasteiger partial charge on any atom is 0.278 e. The largest absolute Gasteiger partial charge is 0.414 e. The van der Waals surface area contributed by atoms with E-state index in [0.29, 0.717) is 35.5 Å². The number of hydrogen-bond donors (Lipinski definition) is 1. The number of amides is 2. The minimum Gasteiger partial charge on any atom is -0.414 e. The number of imide groups is 1. The molecule has 0 spiro atoms. The van der Waals surface area contributed by atoms with Crippen molar-refractivity contribution < 1.29 is 19.3 Å². The van der Waals surface area contributed by atoms with Gasteiger partial charge in [-0.3, -0.25) is 14.4 Å². The first-order valence-electron chi connectivity index (χ1n) is 11.4. The van der Waals surface area contributed by atoms with E-state index in [1.165, 1.54) is 0 Å². The van der Waals surface area contributed by atoms with Gasteiger partial charge < -0.3 is 9.40 Å². The second kappa shape index (κ2) is 8.81. The van der Waals surface area contributed by atoms with Crippen LogP contribution in [0, 0.1) is 0 Å². The SMILES string of the molecule is CCONN1C(=O)C(c2cn(CC)c3ccccc23)=C(c2cn(OCC)c3ccccc23)C1=O. The van der Waals surface area contributed by atoms with Gasteiger partial charge in [0.05, 0.1) is 29.5 Å². The summed E-state index contributed by atoms with van der Waals surface area (Å²) in [5, 5.41) is 2.67. The Hall–Kier alpha value is -3.88. The molecule has 0 bridgehead atoms. The van der Waals surface area contributed by atoms with Crippen molar-refractivity contribution in [1.29, 1.82) is 0 Å². The van der Waals surface area contributed by atoms with Gasteiger partial charge in [0.1, 0.15) is 6.61 Å². The summed E-state index contributed by atoms with van der Waals surface area (Å²) in [5.41, 5.74) is 6.33. The molecule has 8 nitrogen and oxygen atoms in total. The summed E-state index contributed by atoms with van der Waals surface area (Å²) >= 11 is 0. The summed E-state index contributed by atoms with van der Waals surface area (Å²) in [4.78, 5) is 38.4. The molecular formula is C26H26N4O4. The van der Waals surface area contributed by atoms with E-state index < -0.39 is 11.8 Å². The van der Waals surface area contributed by atoms with Crippen molar-refractivity contribution in [3.63, 3.8) is 0 Å². The van der Waals surface area contributed by atoms with Gasteiger partial charge in [0, 0.05) is 40.2 Å². The molecule has 5 rings (SSSR count). The van der Waals surface area contributed by atoms with E-state index in [-0.39, 0.29) is 0 Å². The molecule has 34 heavy (non-hydrogen) atoms. The number of rotatable bonds is 8. The standard InChI is InChI=1S/C26H26N4O4/c1-4-28-15-19(17-11-7-9-13-21(17)28)23-24(26(32)30(25(23)31)27-33-5-2)20-16-29(34-6-3)22-14-10-8-12-18(20)22/h7-16,27H,4-6H2,1-3H3. The smallest absolute Gasteiger partial charge is 0.278 e. The summed E-state index contributed by atoms with van der Waals surface area (Å²) in [5.74, 6) is -0.929. The maximum absolute atomic E-state index is 13.7. The lowest BCUT2D eigenvalue weighted by atomic mass is 9.95. The van der Waals surface area contributed by atoms with Crippen LogP contribution in [0.1, 0.15) is 31.9 Å². The molecule has 0 saturated carbocycles. The summed E-state index contributed by atoms with van der Waals surface area (Å²) in [7, 11) is 0. The highest BCUT2D eigenvalue weighted by Crippen LogP contribution is 2.41. The number of nitrogens with one attached hydrogen (secondary N) is 1. The van der Waals surface area contributed by atoms with Gasteiger partial charge in [0.25, 0.3) is 11.8 Å². The maximum atomic E-state index is 13.7. The molecule has 0 unspecified atom stereocenters. The average Bonchev–Trinajstić information content (AvgIpc) is 3.48. The number of hydrazine groups is 1. The normalized spacial score (nSPS) is 14.3. The Morgan fingerprint density at radius 3 is 1.97 bits per heavy atom. The van der Waals surface area contributed by atoms with E-state index >= 15 is 0 Å². The fourth-order valence-electron chi connectivity index (χ4n) is 4.54. The van der Waals surface area contributed by atoms with Crippen molar-refractivity contribution in [3.8, 4) is 0 Å². The average molecular weight is 459 g/mol. The Balaban J connectivity index is 1.81. The molecule has 0 aliphatic carbocycles. The van der Waals surface area contributed by atoms with Gasteiger partial charge in [-0.2, -0.15) is 9.74 Å². The lowest BCUT2D eigenvalue weighted by molar-refractivity contribution is -0.156. The molecule has 4 aromatic rings. The van der Waals surface area contributed by atoms with Crippen molar-refractivity contribution in [2.75, 3.05) is 13.2 Å². The van der Waals surface area contributed by atoms with Crippen LogP contribution in [-0.2, 0) is 21.0 Å². The number of carbonyl (C=O) groups excluding carboxylic acids is 2. The molecule has 0 saturated heterocycles. The molecule has 174 valence electrons. The number of benzene rings is 2. The third-order valence-corrected chi connectivity index (χ3v) is 6.00. The molecule has 2 amide bonds. The first-order valence-corrected chi connectivity index (χ1v) is 11.4. The molecule has 8 heteroatoms. The number of hydrogen-bond acceptors (Lipinski definition) is 5. The van der Waals surface area contributed by atoms with E-state index in [2.05, 4.69) is 10.2 Å². The molecule has 3 heterocycles. The molecule has 0 fully saturated rings. The van der Waals surface area contributed by atoms with Crippen LogP contribution in [0.15, 0.2) is 60.9 Å². The molecule has 0 atom stereocenters. The van der Waals surface area contributed by atoms with Crippen LogP contribution in [0.2, 0.25) is 0 Å². The van der Waals surface area contributed by atoms with Crippen LogP contribution >= 0.6 is 0 Å². The summed E-state index contributed by atoms with van der Waals surface area (Å²) in [6, 6.07) is 15.6. The summed E-state index contributed by atoms with van der Waals surface area (Å²) < 4.78 is 3.73. The van der Waals surface area contributed by atoms with Crippen LogP contribution in [0.3, 0.4) is 0 Å². The first-order chi connectivity index (χ1) is 16.6. The van der Waals surface area contributed by atoms with Gasteiger partial charge in [-0.05, 0) is 32.9 Å². The van der Waals surface area contributed by atoms with Crippen LogP contribution in [0.4, 0.5) is 0 Å². The predicted octanol–water partition coefficient (Wildman–Crippen LogP) is 3.80. The Kier molecular flexibility index (Phi) is 5.69. The van der Waals surface area contributed by atoms with Gasteiger partial charge in [-0.25, -0.2) is 0 Å². The second-order valence-corrected chi connectivity index (χ2v) is 7.87. The van der Waals surface area contributed by atoms with E-state index in [4.69, 9.17) is 9.68 Å². The number of nitrogens with zero attached hydrogens (tertiary/aromatic N) is 3. The molecule has 1 aliphatic heterocycles. The van der Waals surface area contributed by atoms with E-state index in [9.17, 15) is 9.59 Å². The zero-order chi connectivity index (χ0) is 23.8. The van der Waals surface area contributed by atoms with Gasteiger partial charge in [0.15, 0.2) is 0 Å². The quantitative estimate of drug-likeness (QED) is 0.321. The Morgan fingerprint density at radius 2 is 1.35 bits per heavy atom. The minimum absolute atomic E-state index is 0.292. The number of para-hydroxylation sites is 2. The Labute approximate surface area is 196 Å². The minimum atomic E-state index is -0.471. The van der Waals surface area contributed by atoms with Crippen molar-refractivity contribution in [2.45, 2.75) is 27.3 Å². The number of aromatic nitrogens is 2. The van der Waals surface area contributed by atoms with Gasteiger partial charge in [-0.15, -0.1) is 5.59 Å². The number of fused-ring (bicyclic) bond motifs is 2. The molecule has 2 aromatic carbocycles. The van der Waals surface area contributed by atoms with Crippen molar-refractivity contribution >= 4 is 44.8 Å². The predicted molar refractivity (Wildman–Crippen MR) is 130 cm³/mol. The van der Waals surface area contributed by atoms with Crippen molar-refractivity contribution in [3.05, 3.63) is 72.1 Å².